The van der Waals surface area contributed by atoms with Gasteiger partial charge >= 0.3 is 0 Å². The van der Waals surface area contributed by atoms with Crippen LogP contribution in [-0.2, 0) is 6.42 Å². The summed E-state index contributed by atoms with van der Waals surface area (Å²) in [6, 6.07) is 16.0. The van der Waals surface area contributed by atoms with Gasteiger partial charge in [0.05, 0.1) is 0 Å². The molecule has 3 heteroatoms. The van der Waals surface area contributed by atoms with Crippen molar-refractivity contribution in [2.24, 2.45) is 0 Å². The fourth-order valence-electron chi connectivity index (χ4n) is 2.78. The van der Waals surface area contributed by atoms with Crippen molar-refractivity contribution in [3.8, 4) is 0 Å². The lowest BCUT2D eigenvalue weighted by Gasteiger charge is -2.16. The fourth-order valence-corrected chi connectivity index (χ4v) is 3.05. The molecule has 0 aromatic heterocycles. The van der Waals surface area contributed by atoms with Gasteiger partial charge in [0.15, 0.2) is 5.71 Å². The van der Waals surface area contributed by atoms with Crippen molar-refractivity contribution in [1.29, 1.82) is 0 Å². The second-order valence-electron chi connectivity index (χ2n) is 5.34. The Balaban J connectivity index is 1.85. The van der Waals surface area contributed by atoms with Gasteiger partial charge in [-0.2, -0.15) is 0 Å². The third-order valence-electron chi connectivity index (χ3n) is 4.03. The molecule has 0 fully saturated rings. The van der Waals surface area contributed by atoms with Crippen LogP contribution in [0.15, 0.2) is 53.0 Å². The zero-order valence-electron chi connectivity index (χ0n) is 12.0. The molecule has 0 bridgehead atoms. The molecule has 106 valence electrons. The molecule has 1 aliphatic heterocycles. The molecule has 0 N–H and O–H groups in total. The number of benzene rings is 2. The molecule has 2 nitrogen and oxygen atoms in total. The van der Waals surface area contributed by atoms with Crippen molar-refractivity contribution >= 4 is 27.4 Å². The molecule has 21 heavy (non-hydrogen) atoms. The number of nitrogens with zero attached hydrogens (tertiary/aromatic N) is 1. The van der Waals surface area contributed by atoms with Crippen molar-refractivity contribution in [2.45, 2.75) is 13.3 Å². The third kappa shape index (κ3) is 2.98. The SMILES string of the molecule is CC1=[N+](CC(=O)c2ccc(Br)cc2)CCc2ccccc21. The van der Waals surface area contributed by atoms with Gasteiger partial charge in [0.25, 0.3) is 0 Å². The van der Waals surface area contributed by atoms with Gasteiger partial charge in [-0.1, -0.05) is 46.3 Å². The summed E-state index contributed by atoms with van der Waals surface area (Å²) in [5.41, 5.74) is 4.61. The summed E-state index contributed by atoms with van der Waals surface area (Å²) in [6.07, 6.45) is 1.00. The Morgan fingerprint density at radius 1 is 1.14 bits per heavy atom. The van der Waals surface area contributed by atoms with Crippen molar-refractivity contribution in [2.75, 3.05) is 13.1 Å². The molecule has 0 atom stereocenters. The molecule has 0 spiro atoms. The van der Waals surface area contributed by atoms with Gasteiger partial charge < -0.3 is 0 Å². The topological polar surface area (TPSA) is 20.1 Å². The Bertz CT molecular complexity index is 716. The zero-order chi connectivity index (χ0) is 14.8. The molecule has 2 aromatic rings. The van der Waals surface area contributed by atoms with Crippen LogP contribution in [0.1, 0.15) is 28.4 Å². The highest BCUT2D eigenvalue weighted by Gasteiger charge is 2.24. The molecule has 0 aliphatic carbocycles. The van der Waals surface area contributed by atoms with Crippen LogP contribution in [0.2, 0.25) is 0 Å². The summed E-state index contributed by atoms with van der Waals surface area (Å²) < 4.78 is 3.18. The van der Waals surface area contributed by atoms with Crippen LogP contribution in [0.5, 0.6) is 0 Å². The summed E-state index contributed by atoms with van der Waals surface area (Å²) >= 11 is 3.39. The first-order valence-corrected chi connectivity index (χ1v) is 7.90. The number of rotatable bonds is 3. The minimum atomic E-state index is 0.168. The molecule has 2 aromatic carbocycles. The minimum Gasteiger partial charge on any atom is -0.287 e. The van der Waals surface area contributed by atoms with E-state index in [9.17, 15) is 4.79 Å². The standard InChI is InChI=1S/C18H17BrNO/c1-13-17-5-3-2-4-14(17)10-11-20(13)12-18(21)15-6-8-16(19)9-7-15/h2-9H,10-12H2,1H3/q+1. The van der Waals surface area contributed by atoms with Crippen LogP contribution in [-0.4, -0.2) is 29.2 Å². The summed E-state index contributed by atoms with van der Waals surface area (Å²) in [5, 5.41) is 0. The molecule has 0 radical (unpaired) electrons. The van der Waals surface area contributed by atoms with E-state index in [1.54, 1.807) is 0 Å². The van der Waals surface area contributed by atoms with Crippen LogP contribution >= 0.6 is 15.9 Å². The number of Topliss-reactive ketones (excluding diaryl/α,β-unsaturated/α-hetero) is 1. The Morgan fingerprint density at radius 2 is 1.86 bits per heavy atom. The van der Waals surface area contributed by atoms with E-state index in [1.165, 1.54) is 16.8 Å². The predicted molar refractivity (Wildman–Crippen MR) is 88.4 cm³/mol. The van der Waals surface area contributed by atoms with Crippen LogP contribution in [0.25, 0.3) is 0 Å². The maximum absolute atomic E-state index is 12.4. The lowest BCUT2D eigenvalue weighted by atomic mass is 9.97. The molecular formula is C18H17BrNO+. The van der Waals surface area contributed by atoms with Gasteiger partial charge in [-0.25, -0.2) is 4.58 Å². The highest BCUT2D eigenvalue weighted by molar-refractivity contribution is 9.10. The predicted octanol–water partition coefficient (Wildman–Crippen LogP) is 3.71. The van der Waals surface area contributed by atoms with Crippen LogP contribution in [0.4, 0.5) is 0 Å². The summed E-state index contributed by atoms with van der Waals surface area (Å²) in [5.74, 6) is 0.168. The number of hydrogen-bond acceptors (Lipinski definition) is 1. The lowest BCUT2D eigenvalue weighted by Crippen LogP contribution is -2.32. The van der Waals surface area contributed by atoms with Gasteiger partial charge in [0.1, 0.15) is 6.54 Å². The second kappa shape index (κ2) is 5.94. The number of ketones is 1. The smallest absolute Gasteiger partial charge is 0.227 e. The lowest BCUT2D eigenvalue weighted by molar-refractivity contribution is -0.515. The Kier molecular flexibility index (Phi) is 4.02. The van der Waals surface area contributed by atoms with E-state index < -0.39 is 0 Å². The van der Waals surface area contributed by atoms with E-state index in [1.807, 2.05) is 24.3 Å². The molecule has 0 amide bonds. The number of fused-ring (bicyclic) bond motifs is 1. The molecule has 0 unspecified atom stereocenters. The number of halogens is 1. The maximum Gasteiger partial charge on any atom is 0.227 e. The minimum absolute atomic E-state index is 0.168. The monoisotopic (exact) mass is 342 g/mol. The molecule has 0 saturated heterocycles. The third-order valence-corrected chi connectivity index (χ3v) is 4.56. The molecule has 1 aliphatic rings. The number of hydrogen-bond donors (Lipinski definition) is 0. The highest BCUT2D eigenvalue weighted by atomic mass is 79.9. The van der Waals surface area contributed by atoms with Crippen LogP contribution in [0, 0.1) is 0 Å². The van der Waals surface area contributed by atoms with E-state index in [2.05, 4.69) is 51.7 Å². The largest absolute Gasteiger partial charge is 0.287 e. The van der Waals surface area contributed by atoms with E-state index >= 15 is 0 Å². The van der Waals surface area contributed by atoms with E-state index in [0.717, 1.165) is 23.0 Å². The first kappa shape index (κ1) is 14.2. The summed E-state index contributed by atoms with van der Waals surface area (Å²) in [7, 11) is 0. The highest BCUT2D eigenvalue weighted by Crippen LogP contribution is 2.16. The molecular weight excluding hydrogens is 326 g/mol. The number of carbonyl (C=O) groups is 1. The van der Waals surface area contributed by atoms with E-state index in [0.29, 0.717) is 6.54 Å². The van der Waals surface area contributed by atoms with Crippen molar-refractivity contribution < 1.29 is 9.37 Å². The molecule has 0 saturated carbocycles. The number of carbonyl (C=O) groups excluding carboxylic acids is 1. The van der Waals surface area contributed by atoms with Crippen LogP contribution < -0.4 is 0 Å². The van der Waals surface area contributed by atoms with Gasteiger partial charge in [-0.3, -0.25) is 4.79 Å². The Labute approximate surface area is 133 Å². The molecule has 1 heterocycles. The Morgan fingerprint density at radius 3 is 2.62 bits per heavy atom. The average molecular weight is 343 g/mol. The summed E-state index contributed by atoms with van der Waals surface area (Å²) in [6.45, 7) is 3.46. The second-order valence-corrected chi connectivity index (χ2v) is 6.26. The van der Waals surface area contributed by atoms with Crippen LogP contribution in [0.3, 0.4) is 0 Å². The normalized spacial score (nSPS) is 14.0. The zero-order valence-corrected chi connectivity index (χ0v) is 13.6. The van der Waals surface area contributed by atoms with Crippen molar-refractivity contribution in [1.82, 2.24) is 0 Å². The van der Waals surface area contributed by atoms with E-state index in [-0.39, 0.29) is 5.78 Å². The van der Waals surface area contributed by atoms with Gasteiger partial charge in [0.2, 0.25) is 12.3 Å². The Hall–Kier alpha value is -1.74. The fraction of sp³-hybridized carbons (Fsp3) is 0.222. The maximum atomic E-state index is 12.4. The van der Waals surface area contributed by atoms with Gasteiger partial charge in [0, 0.05) is 28.9 Å². The average Bonchev–Trinajstić information content (AvgIpc) is 2.51. The first-order valence-electron chi connectivity index (χ1n) is 7.10. The molecule has 3 rings (SSSR count). The first-order chi connectivity index (χ1) is 10.1. The van der Waals surface area contributed by atoms with E-state index in [4.69, 9.17) is 0 Å². The van der Waals surface area contributed by atoms with Crippen molar-refractivity contribution in [3.05, 3.63) is 69.7 Å². The van der Waals surface area contributed by atoms with Crippen molar-refractivity contribution in [3.63, 3.8) is 0 Å². The quantitative estimate of drug-likeness (QED) is 0.615. The summed E-state index contributed by atoms with van der Waals surface area (Å²) in [4.78, 5) is 12.4. The van der Waals surface area contributed by atoms with Gasteiger partial charge in [-0.15, -0.1) is 0 Å². The van der Waals surface area contributed by atoms with Gasteiger partial charge in [-0.05, 0) is 23.8 Å².